The summed E-state index contributed by atoms with van der Waals surface area (Å²) < 4.78 is 5.57. The van der Waals surface area contributed by atoms with Crippen LogP contribution >= 0.6 is 0 Å². The van der Waals surface area contributed by atoms with Gasteiger partial charge in [-0.1, -0.05) is 54.1 Å². The van der Waals surface area contributed by atoms with E-state index in [-0.39, 0.29) is 0 Å². The van der Waals surface area contributed by atoms with Gasteiger partial charge in [-0.05, 0) is 44.0 Å². The second-order valence-electron chi connectivity index (χ2n) is 8.63. The number of nitrogens with zero attached hydrogens (tertiary/aromatic N) is 3. The van der Waals surface area contributed by atoms with Crippen molar-refractivity contribution in [2.45, 2.75) is 25.8 Å². The first-order valence-electron chi connectivity index (χ1n) is 11.3. The third-order valence-corrected chi connectivity index (χ3v) is 6.42. The van der Waals surface area contributed by atoms with E-state index in [1.54, 1.807) is 7.11 Å². The van der Waals surface area contributed by atoms with Crippen LogP contribution in [0.5, 0.6) is 5.75 Å². The van der Waals surface area contributed by atoms with Gasteiger partial charge in [0.1, 0.15) is 5.75 Å². The summed E-state index contributed by atoms with van der Waals surface area (Å²) in [4.78, 5) is 7.84. The van der Waals surface area contributed by atoms with Crippen LogP contribution in [0.1, 0.15) is 25.3 Å². The molecule has 2 aliphatic rings. The van der Waals surface area contributed by atoms with Crippen molar-refractivity contribution in [3.8, 4) is 5.75 Å². The molecule has 4 nitrogen and oxygen atoms in total. The van der Waals surface area contributed by atoms with Gasteiger partial charge in [0.25, 0.3) is 0 Å². The molecule has 2 aromatic carbocycles. The maximum absolute atomic E-state index is 5.57. The van der Waals surface area contributed by atoms with Crippen LogP contribution in [-0.2, 0) is 0 Å². The number of benzene rings is 2. The molecule has 0 aliphatic carbocycles. The number of hydrogen-bond donors (Lipinski definition) is 0. The molecule has 2 aromatic rings. The second-order valence-corrected chi connectivity index (χ2v) is 8.63. The number of anilines is 1. The molecule has 1 unspecified atom stereocenters. The number of rotatable bonds is 6. The van der Waals surface area contributed by atoms with E-state index in [0.717, 1.165) is 38.5 Å². The highest BCUT2D eigenvalue weighted by Crippen LogP contribution is 2.29. The summed E-state index contributed by atoms with van der Waals surface area (Å²) in [6.07, 6.45) is 4.96. The lowest BCUT2D eigenvalue weighted by Gasteiger charge is -2.44. The average Bonchev–Trinajstić information content (AvgIpc) is 2.80. The summed E-state index contributed by atoms with van der Waals surface area (Å²) in [6.45, 7) is 10.2. The van der Waals surface area contributed by atoms with Crippen molar-refractivity contribution in [2.24, 2.45) is 0 Å². The van der Waals surface area contributed by atoms with E-state index in [4.69, 9.17) is 4.74 Å². The summed E-state index contributed by atoms with van der Waals surface area (Å²) in [5.74, 6) is 0.982. The normalized spacial score (nSPS) is 21.6. The highest BCUT2D eigenvalue weighted by molar-refractivity contribution is 5.58. The topological polar surface area (TPSA) is 19.0 Å². The number of likely N-dealkylation sites (tertiary alicyclic amines) is 1. The average molecular weight is 406 g/mol. The molecule has 30 heavy (non-hydrogen) atoms. The van der Waals surface area contributed by atoms with Crippen molar-refractivity contribution in [1.82, 2.24) is 9.80 Å². The first kappa shape index (κ1) is 21.0. The van der Waals surface area contributed by atoms with Gasteiger partial charge in [-0.3, -0.25) is 9.80 Å². The van der Waals surface area contributed by atoms with Gasteiger partial charge < -0.3 is 9.64 Å². The number of para-hydroxylation sites is 2. The zero-order valence-corrected chi connectivity index (χ0v) is 18.5. The van der Waals surface area contributed by atoms with E-state index in [1.165, 1.54) is 42.8 Å². The smallest absolute Gasteiger partial charge is 0.142 e. The van der Waals surface area contributed by atoms with E-state index < -0.39 is 0 Å². The monoisotopic (exact) mass is 405 g/mol. The van der Waals surface area contributed by atoms with Crippen molar-refractivity contribution < 1.29 is 4.74 Å². The summed E-state index contributed by atoms with van der Waals surface area (Å²) in [5, 5.41) is 0. The lowest BCUT2D eigenvalue weighted by molar-refractivity contribution is 0.0978. The maximum atomic E-state index is 5.57. The van der Waals surface area contributed by atoms with Gasteiger partial charge in [0.05, 0.1) is 12.8 Å². The van der Waals surface area contributed by atoms with Crippen LogP contribution < -0.4 is 9.64 Å². The van der Waals surface area contributed by atoms with E-state index in [0.29, 0.717) is 6.04 Å². The molecule has 0 saturated carbocycles. The van der Waals surface area contributed by atoms with Crippen molar-refractivity contribution in [1.29, 1.82) is 0 Å². The van der Waals surface area contributed by atoms with Crippen LogP contribution in [0.4, 0.5) is 5.69 Å². The van der Waals surface area contributed by atoms with Crippen LogP contribution in [0.3, 0.4) is 0 Å². The largest absolute Gasteiger partial charge is 0.495 e. The molecule has 0 N–H and O–H groups in total. The second kappa shape index (κ2) is 10.1. The minimum atomic E-state index is 0.683. The number of piperazine rings is 1. The third-order valence-electron chi connectivity index (χ3n) is 6.42. The van der Waals surface area contributed by atoms with Crippen LogP contribution in [0.2, 0.25) is 0 Å². The van der Waals surface area contributed by atoms with E-state index >= 15 is 0 Å². The molecule has 2 aliphatic heterocycles. The van der Waals surface area contributed by atoms with Crippen LogP contribution in [0.15, 0.2) is 60.2 Å². The fourth-order valence-corrected chi connectivity index (χ4v) is 4.92. The fourth-order valence-electron chi connectivity index (χ4n) is 4.92. The third kappa shape index (κ3) is 5.24. The van der Waals surface area contributed by atoms with Crippen LogP contribution in [-0.4, -0.2) is 68.8 Å². The molecule has 1 atom stereocenters. The SMILES string of the molecule is COc1ccccc1N1CCN(C2CCCN(CC(C)=Cc3ccccc3)C2)CC1. The van der Waals surface area contributed by atoms with Gasteiger partial charge in [-0.15, -0.1) is 0 Å². The van der Waals surface area contributed by atoms with Gasteiger partial charge in [-0.2, -0.15) is 0 Å². The molecule has 0 aromatic heterocycles. The Hall–Kier alpha value is -2.30. The molecule has 0 bridgehead atoms. The quantitative estimate of drug-likeness (QED) is 0.710. The first-order valence-corrected chi connectivity index (χ1v) is 11.3. The Kier molecular flexibility index (Phi) is 7.08. The molecule has 2 fully saturated rings. The van der Waals surface area contributed by atoms with E-state index in [1.807, 2.05) is 6.07 Å². The molecule has 0 amide bonds. The Morgan fingerprint density at radius 1 is 0.967 bits per heavy atom. The number of hydrogen-bond acceptors (Lipinski definition) is 4. The number of piperidine rings is 1. The molecular weight excluding hydrogens is 370 g/mol. The summed E-state index contributed by atoms with van der Waals surface area (Å²) in [6, 6.07) is 19.7. The van der Waals surface area contributed by atoms with Gasteiger partial charge in [0, 0.05) is 45.3 Å². The Morgan fingerprint density at radius 3 is 2.47 bits per heavy atom. The zero-order chi connectivity index (χ0) is 20.8. The molecule has 2 saturated heterocycles. The summed E-state index contributed by atoms with van der Waals surface area (Å²) in [5.41, 5.74) is 3.98. The van der Waals surface area contributed by atoms with Crippen LogP contribution in [0, 0.1) is 0 Å². The Labute approximate surface area is 181 Å². The molecule has 2 heterocycles. The minimum Gasteiger partial charge on any atom is -0.495 e. The van der Waals surface area contributed by atoms with Crippen molar-refractivity contribution in [3.63, 3.8) is 0 Å². The predicted octanol–water partition coefficient (Wildman–Crippen LogP) is 4.39. The molecule has 4 rings (SSSR count). The zero-order valence-electron chi connectivity index (χ0n) is 18.5. The van der Waals surface area contributed by atoms with Gasteiger partial charge in [0.15, 0.2) is 0 Å². The Balaban J connectivity index is 1.30. The maximum Gasteiger partial charge on any atom is 0.142 e. The Bertz CT molecular complexity index is 827. The molecule has 4 heteroatoms. The molecule has 0 spiro atoms. The summed E-state index contributed by atoms with van der Waals surface area (Å²) >= 11 is 0. The lowest BCUT2D eigenvalue weighted by Crippen LogP contribution is -2.55. The highest BCUT2D eigenvalue weighted by Gasteiger charge is 2.28. The highest BCUT2D eigenvalue weighted by atomic mass is 16.5. The predicted molar refractivity (Wildman–Crippen MR) is 126 cm³/mol. The fraction of sp³-hybridized carbons (Fsp3) is 0.462. The number of methoxy groups -OCH3 is 1. The van der Waals surface area contributed by atoms with E-state index in [2.05, 4.69) is 76.2 Å². The van der Waals surface area contributed by atoms with Gasteiger partial charge in [-0.25, -0.2) is 0 Å². The lowest BCUT2D eigenvalue weighted by atomic mass is 10.0. The Morgan fingerprint density at radius 2 is 1.70 bits per heavy atom. The molecular formula is C26H35N3O. The first-order chi connectivity index (χ1) is 14.7. The van der Waals surface area contributed by atoms with Crippen molar-refractivity contribution in [3.05, 3.63) is 65.7 Å². The van der Waals surface area contributed by atoms with Gasteiger partial charge in [0.2, 0.25) is 0 Å². The van der Waals surface area contributed by atoms with Gasteiger partial charge >= 0.3 is 0 Å². The number of ether oxygens (including phenoxy) is 1. The van der Waals surface area contributed by atoms with Crippen LogP contribution in [0.25, 0.3) is 6.08 Å². The molecule has 0 radical (unpaired) electrons. The summed E-state index contributed by atoms with van der Waals surface area (Å²) in [7, 11) is 1.76. The van der Waals surface area contributed by atoms with Crippen molar-refractivity contribution in [2.75, 3.05) is 57.8 Å². The minimum absolute atomic E-state index is 0.683. The van der Waals surface area contributed by atoms with E-state index in [9.17, 15) is 0 Å². The standard InChI is InChI=1S/C26H35N3O/c1-22(19-23-9-4-3-5-10-23)20-27-14-8-11-24(21-27)28-15-17-29(18-16-28)25-12-6-7-13-26(25)30-2/h3-7,9-10,12-13,19,24H,8,11,14-18,20-21H2,1-2H3. The molecule has 160 valence electrons. The van der Waals surface area contributed by atoms with Crippen molar-refractivity contribution >= 4 is 11.8 Å².